The highest BCUT2D eigenvalue weighted by atomic mass is 16.5. The van der Waals surface area contributed by atoms with Crippen LogP contribution in [0, 0.1) is 5.92 Å². The van der Waals surface area contributed by atoms with E-state index in [1.165, 1.54) is 18.0 Å². The van der Waals surface area contributed by atoms with Crippen LogP contribution in [0.5, 0.6) is 0 Å². The molecule has 2 rings (SSSR count). The predicted octanol–water partition coefficient (Wildman–Crippen LogP) is 0.694. The maximum Gasteiger partial charge on any atom is 0.360 e. The van der Waals surface area contributed by atoms with Crippen LogP contribution in [-0.4, -0.2) is 38.2 Å². The number of esters is 1. The van der Waals surface area contributed by atoms with E-state index in [0.717, 1.165) is 6.42 Å². The fourth-order valence-corrected chi connectivity index (χ4v) is 1.51. The summed E-state index contributed by atoms with van der Waals surface area (Å²) in [6, 6.07) is 0. The zero-order valence-electron chi connectivity index (χ0n) is 11.0. The molecule has 2 heterocycles. The molecule has 0 saturated carbocycles. The van der Waals surface area contributed by atoms with E-state index >= 15 is 0 Å². The molecule has 0 atom stereocenters. The summed E-state index contributed by atoms with van der Waals surface area (Å²) >= 11 is 0. The van der Waals surface area contributed by atoms with E-state index in [4.69, 9.17) is 4.52 Å². The Morgan fingerprint density at radius 3 is 3.00 bits per heavy atom. The first kappa shape index (κ1) is 13.2. The number of hydrogen-bond acceptors (Lipinski definition) is 7. The zero-order chi connectivity index (χ0) is 13.8. The molecule has 0 fully saturated rings. The summed E-state index contributed by atoms with van der Waals surface area (Å²) < 4.78 is 11.1. The van der Waals surface area contributed by atoms with E-state index in [2.05, 4.69) is 39.0 Å². The number of hydrogen-bond donors (Lipinski definition) is 0. The quantitative estimate of drug-likeness (QED) is 0.734. The summed E-state index contributed by atoms with van der Waals surface area (Å²) in [7, 11) is 1.29. The summed E-state index contributed by atoms with van der Waals surface area (Å²) in [6.45, 7) is 4.44. The van der Waals surface area contributed by atoms with Crippen molar-refractivity contribution in [1.29, 1.82) is 0 Å². The summed E-state index contributed by atoms with van der Waals surface area (Å²) in [5.74, 6) is 1.01. The molecule has 102 valence electrons. The highest BCUT2D eigenvalue weighted by Gasteiger charge is 2.13. The van der Waals surface area contributed by atoms with Gasteiger partial charge in [0.25, 0.3) is 0 Å². The molecule has 8 heteroatoms. The molecule has 19 heavy (non-hydrogen) atoms. The zero-order valence-corrected chi connectivity index (χ0v) is 11.0. The van der Waals surface area contributed by atoms with Crippen molar-refractivity contribution in [3.8, 4) is 0 Å². The Hall–Kier alpha value is -2.25. The average Bonchev–Trinajstić information content (AvgIpc) is 2.98. The topological polar surface area (TPSA) is 95.9 Å². The van der Waals surface area contributed by atoms with Crippen LogP contribution in [0.25, 0.3) is 0 Å². The van der Waals surface area contributed by atoms with E-state index in [1.807, 2.05) is 0 Å². The van der Waals surface area contributed by atoms with Crippen LogP contribution in [0.15, 0.2) is 10.7 Å². The van der Waals surface area contributed by atoms with Gasteiger partial charge in [-0.05, 0) is 5.92 Å². The second kappa shape index (κ2) is 5.59. The molecule has 2 aromatic heterocycles. The molecule has 0 unspecified atom stereocenters. The smallest absolute Gasteiger partial charge is 0.360 e. The number of ether oxygens (including phenoxy) is 1. The monoisotopic (exact) mass is 265 g/mol. The van der Waals surface area contributed by atoms with Gasteiger partial charge >= 0.3 is 5.97 Å². The Morgan fingerprint density at radius 1 is 1.53 bits per heavy atom. The molecule has 0 N–H and O–H groups in total. The van der Waals surface area contributed by atoms with Crippen molar-refractivity contribution in [1.82, 2.24) is 25.1 Å². The van der Waals surface area contributed by atoms with Crippen LogP contribution in [-0.2, 0) is 17.7 Å². The van der Waals surface area contributed by atoms with Gasteiger partial charge in [0.1, 0.15) is 6.54 Å². The third kappa shape index (κ3) is 3.36. The minimum atomic E-state index is -0.528. The number of carbonyl (C=O) groups is 1. The lowest BCUT2D eigenvalue weighted by Gasteiger charge is -1.96. The van der Waals surface area contributed by atoms with E-state index in [9.17, 15) is 4.79 Å². The lowest BCUT2D eigenvalue weighted by molar-refractivity contribution is 0.0594. The molecule has 0 bridgehead atoms. The molecule has 0 aromatic carbocycles. The Morgan fingerprint density at radius 2 is 2.32 bits per heavy atom. The first-order valence-corrected chi connectivity index (χ1v) is 5.88. The van der Waals surface area contributed by atoms with Crippen LogP contribution in [0.1, 0.15) is 36.1 Å². The molecule has 0 aliphatic rings. The van der Waals surface area contributed by atoms with E-state index in [0.29, 0.717) is 24.2 Å². The van der Waals surface area contributed by atoms with Crippen molar-refractivity contribution in [2.75, 3.05) is 7.11 Å². The van der Waals surface area contributed by atoms with Crippen molar-refractivity contribution in [2.45, 2.75) is 26.8 Å². The molecular formula is C11H15N5O3. The Labute approximate surface area is 109 Å². The van der Waals surface area contributed by atoms with Crippen LogP contribution in [0.3, 0.4) is 0 Å². The summed E-state index contributed by atoms with van der Waals surface area (Å²) in [4.78, 5) is 15.5. The fraction of sp³-hybridized carbons (Fsp3) is 0.545. The minimum absolute atomic E-state index is 0.147. The molecule has 0 radical (unpaired) electrons. The molecule has 0 amide bonds. The lowest BCUT2D eigenvalue weighted by Crippen LogP contribution is -2.03. The van der Waals surface area contributed by atoms with Crippen LogP contribution >= 0.6 is 0 Å². The van der Waals surface area contributed by atoms with Gasteiger partial charge in [0.2, 0.25) is 5.89 Å². The lowest BCUT2D eigenvalue weighted by atomic mass is 10.1. The number of aromatic nitrogens is 5. The van der Waals surface area contributed by atoms with Crippen LogP contribution < -0.4 is 0 Å². The standard InChI is InChI=1S/C11H15N5O3/c1-7(2)4-10-12-9(14-19-10)6-16-5-8(13-15-16)11(17)18-3/h5,7H,4,6H2,1-3H3. The first-order valence-electron chi connectivity index (χ1n) is 5.88. The molecule has 0 aliphatic heterocycles. The molecule has 2 aromatic rings. The highest BCUT2D eigenvalue weighted by molar-refractivity contribution is 5.86. The molecule has 8 nitrogen and oxygen atoms in total. The van der Waals surface area contributed by atoms with Gasteiger partial charge in [0.15, 0.2) is 11.5 Å². The maximum atomic E-state index is 11.2. The summed E-state index contributed by atoms with van der Waals surface area (Å²) in [5.41, 5.74) is 0.147. The van der Waals surface area contributed by atoms with Crippen LogP contribution in [0.4, 0.5) is 0 Å². The Bertz CT molecular complexity index is 560. The highest BCUT2D eigenvalue weighted by Crippen LogP contribution is 2.06. The maximum absolute atomic E-state index is 11.2. The molecular weight excluding hydrogens is 250 g/mol. The third-order valence-corrected chi connectivity index (χ3v) is 2.33. The number of rotatable bonds is 5. The number of nitrogens with zero attached hydrogens (tertiary/aromatic N) is 5. The fourth-order valence-electron chi connectivity index (χ4n) is 1.51. The molecule has 0 spiro atoms. The van der Waals surface area contributed by atoms with Gasteiger partial charge in [-0.25, -0.2) is 9.48 Å². The van der Waals surface area contributed by atoms with Crippen molar-refractivity contribution < 1.29 is 14.1 Å². The van der Waals surface area contributed by atoms with Gasteiger partial charge in [-0.15, -0.1) is 5.10 Å². The number of methoxy groups -OCH3 is 1. The first-order chi connectivity index (χ1) is 9.08. The van der Waals surface area contributed by atoms with E-state index < -0.39 is 5.97 Å². The van der Waals surface area contributed by atoms with Gasteiger partial charge in [0, 0.05) is 6.42 Å². The van der Waals surface area contributed by atoms with Gasteiger partial charge < -0.3 is 9.26 Å². The Balaban J connectivity index is 2.02. The second-order valence-electron chi connectivity index (χ2n) is 4.50. The summed E-state index contributed by atoms with van der Waals surface area (Å²) in [6.07, 6.45) is 2.21. The van der Waals surface area contributed by atoms with Crippen molar-refractivity contribution in [3.05, 3.63) is 23.6 Å². The normalized spacial score (nSPS) is 10.9. The average molecular weight is 265 g/mol. The van der Waals surface area contributed by atoms with Crippen molar-refractivity contribution in [3.63, 3.8) is 0 Å². The third-order valence-electron chi connectivity index (χ3n) is 2.33. The van der Waals surface area contributed by atoms with Gasteiger partial charge in [-0.3, -0.25) is 0 Å². The Kier molecular flexibility index (Phi) is 3.88. The van der Waals surface area contributed by atoms with E-state index in [-0.39, 0.29) is 5.69 Å². The molecule has 0 saturated heterocycles. The van der Waals surface area contributed by atoms with Gasteiger partial charge in [-0.1, -0.05) is 24.2 Å². The number of carbonyl (C=O) groups excluding carboxylic acids is 1. The minimum Gasteiger partial charge on any atom is -0.464 e. The predicted molar refractivity (Wildman–Crippen MR) is 63.3 cm³/mol. The van der Waals surface area contributed by atoms with Gasteiger partial charge in [0.05, 0.1) is 13.3 Å². The largest absolute Gasteiger partial charge is 0.464 e. The second-order valence-corrected chi connectivity index (χ2v) is 4.50. The van der Waals surface area contributed by atoms with E-state index in [1.54, 1.807) is 0 Å². The molecule has 0 aliphatic carbocycles. The van der Waals surface area contributed by atoms with Crippen molar-refractivity contribution >= 4 is 5.97 Å². The van der Waals surface area contributed by atoms with Gasteiger partial charge in [-0.2, -0.15) is 4.98 Å². The SMILES string of the molecule is COC(=O)c1cn(Cc2noc(CC(C)C)n2)nn1. The summed E-state index contributed by atoms with van der Waals surface area (Å²) in [5, 5.41) is 11.3. The van der Waals surface area contributed by atoms with Crippen LogP contribution in [0.2, 0.25) is 0 Å². The van der Waals surface area contributed by atoms with Crippen molar-refractivity contribution in [2.24, 2.45) is 5.92 Å².